The Kier molecular flexibility index (Phi) is 7.16. The number of pyridine rings is 1. The molecule has 1 N–H and O–H groups in total. The highest BCUT2D eigenvalue weighted by Crippen LogP contribution is 2.30. The van der Waals surface area contributed by atoms with E-state index in [0.29, 0.717) is 32.9 Å². The van der Waals surface area contributed by atoms with Crippen LogP contribution in [-0.4, -0.2) is 40.5 Å². The minimum atomic E-state index is -0.684. The number of rotatable bonds is 6. The summed E-state index contributed by atoms with van der Waals surface area (Å²) in [6, 6.07) is 20.8. The van der Waals surface area contributed by atoms with Crippen LogP contribution in [0.3, 0.4) is 0 Å². The number of oxazole rings is 1. The molecule has 2 aromatic heterocycles. The Morgan fingerprint density at radius 2 is 1.79 bits per heavy atom. The normalized spacial score (nSPS) is 10.8. The predicted octanol–water partition coefficient (Wildman–Crippen LogP) is 5.29. The Hall–Kier alpha value is -4.89. The largest absolute Gasteiger partial charge is 0.444 e. The van der Waals surface area contributed by atoms with Crippen LogP contribution < -0.4 is 15.5 Å². The van der Waals surface area contributed by atoms with E-state index >= 15 is 0 Å². The summed E-state index contributed by atoms with van der Waals surface area (Å²) in [6.07, 6.45) is 2.23. The summed E-state index contributed by atoms with van der Waals surface area (Å²) < 4.78 is 12.7. The SMILES string of the molecule is CN(C)C(=O)Oc1c(CNC(=O)c2ccc(-c3cnco3)cc2)c(=O)c2ccc(Cl)cc2n1-c1ccccc1. The fourth-order valence-corrected chi connectivity index (χ4v) is 4.24. The quantitative estimate of drug-likeness (QED) is 0.312. The number of carbonyl (C=O) groups is 2. The zero-order chi connectivity index (χ0) is 27.5. The highest BCUT2D eigenvalue weighted by molar-refractivity contribution is 6.31. The summed E-state index contributed by atoms with van der Waals surface area (Å²) in [4.78, 5) is 44.6. The van der Waals surface area contributed by atoms with Crippen LogP contribution in [0.25, 0.3) is 27.9 Å². The minimum Gasteiger partial charge on any atom is -0.444 e. The number of aromatic nitrogens is 2. The molecular formula is C29H23ClN4O5. The van der Waals surface area contributed by atoms with Gasteiger partial charge in [-0.3, -0.25) is 14.2 Å². The number of benzene rings is 3. The second-order valence-corrected chi connectivity index (χ2v) is 9.27. The van der Waals surface area contributed by atoms with E-state index in [1.54, 1.807) is 53.2 Å². The molecule has 0 aliphatic carbocycles. The number of hydrogen-bond donors (Lipinski definition) is 1. The maximum absolute atomic E-state index is 13.7. The highest BCUT2D eigenvalue weighted by Gasteiger charge is 2.23. The lowest BCUT2D eigenvalue weighted by Gasteiger charge is -2.21. The lowest BCUT2D eigenvalue weighted by molar-refractivity contribution is 0.0950. The first kappa shape index (κ1) is 25.7. The molecule has 0 saturated heterocycles. The van der Waals surface area contributed by atoms with Gasteiger partial charge >= 0.3 is 6.09 Å². The number of fused-ring (bicyclic) bond motifs is 1. The standard InChI is InChI=1S/C29H23ClN4O5/c1-33(2)29(37)39-28-23(15-32-27(36)19-10-8-18(9-11-19)25-16-31-17-38-25)26(35)22-13-12-20(30)14-24(22)34(28)21-6-4-3-5-7-21/h3-14,16-17H,15H2,1-2H3,(H,32,36). The molecule has 5 rings (SSSR count). The number of carbonyl (C=O) groups excluding carboxylic acids is 2. The molecule has 0 radical (unpaired) electrons. The number of ether oxygens (including phenoxy) is 1. The molecule has 5 aromatic rings. The third-order valence-corrected chi connectivity index (χ3v) is 6.27. The molecule has 2 amide bonds. The van der Waals surface area contributed by atoms with E-state index in [4.69, 9.17) is 20.8 Å². The van der Waals surface area contributed by atoms with E-state index < -0.39 is 17.4 Å². The highest BCUT2D eigenvalue weighted by atomic mass is 35.5. The van der Waals surface area contributed by atoms with Crippen molar-refractivity contribution in [2.45, 2.75) is 6.54 Å². The molecule has 0 bridgehead atoms. The number of para-hydroxylation sites is 1. The molecule has 0 aliphatic heterocycles. The number of nitrogens with one attached hydrogen (secondary N) is 1. The smallest absolute Gasteiger partial charge is 0.416 e. The third kappa shape index (κ3) is 5.25. The minimum absolute atomic E-state index is 0.0133. The summed E-state index contributed by atoms with van der Waals surface area (Å²) in [5, 5.41) is 3.55. The first-order valence-electron chi connectivity index (χ1n) is 11.9. The van der Waals surface area contributed by atoms with Gasteiger partial charge in [0, 0.05) is 41.3 Å². The summed E-state index contributed by atoms with van der Waals surface area (Å²) in [6.45, 7) is -0.192. The van der Waals surface area contributed by atoms with Crippen LogP contribution in [-0.2, 0) is 6.54 Å². The molecule has 39 heavy (non-hydrogen) atoms. The van der Waals surface area contributed by atoms with Gasteiger partial charge in [-0.25, -0.2) is 9.78 Å². The predicted molar refractivity (Wildman–Crippen MR) is 147 cm³/mol. The van der Waals surface area contributed by atoms with Gasteiger partial charge in [-0.15, -0.1) is 0 Å². The molecule has 0 atom stereocenters. The maximum atomic E-state index is 13.7. The fourth-order valence-electron chi connectivity index (χ4n) is 4.07. The van der Waals surface area contributed by atoms with Crippen molar-refractivity contribution in [3.8, 4) is 22.9 Å². The average Bonchev–Trinajstić information content (AvgIpc) is 3.48. The van der Waals surface area contributed by atoms with Crippen LogP contribution >= 0.6 is 11.6 Å². The molecule has 2 heterocycles. The van der Waals surface area contributed by atoms with Crippen LogP contribution in [0.2, 0.25) is 5.02 Å². The van der Waals surface area contributed by atoms with Crippen molar-refractivity contribution >= 4 is 34.5 Å². The van der Waals surface area contributed by atoms with Crippen LogP contribution in [0.4, 0.5) is 4.79 Å². The Labute approximate surface area is 228 Å². The van der Waals surface area contributed by atoms with Crippen LogP contribution in [0, 0.1) is 0 Å². The summed E-state index contributed by atoms with van der Waals surface area (Å²) in [5.74, 6) is 0.151. The van der Waals surface area contributed by atoms with Crippen molar-refractivity contribution in [2.24, 2.45) is 0 Å². The van der Waals surface area contributed by atoms with Gasteiger partial charge in [-0.1, -0.05) is 41.9 Å². The van der Waals surface area contributed by atoms with Gasteiger partial charge in [0.25, 0.3) is 5.91 Å². The van der Waals surface area contributed by atoms with Gasteiger partial charge < -0.3 is 19.4 Å². The van der Waals surface area contributed by atoms with Gasteiger partial charge in [0.05, 0.1) is 23.8 Å². The molecule has 9 nitrogen and oxygen atoms in total. The first-order valence-corrected chi connectivity index (χ1v) is 12.3. The van der Waals surface area contributed by atoms with Gasteiger partial charge in [0.1, 0.15) is 0 Å². The Morgan fingerprint density at radius 3 is 2.46 bits per heavy atom. The van der Waals surface area contributed by atoms with E-state index in [2.05, 4.69) is 10.3 Å². The monoisotopic (exact) mass is 542 g/mol. The van der Waals surface area contributed by atoms with Crippen molar-refractivity contribution in [2.75, 3.05) is 14.1 Å². The van der Waals surface area contributed by atoms with Gasteiger partial charge in [0.2, 0.25) is 5.88 Å². The van der Waals surface area contributed by atoms with Crippen LogP contribution in [0.15, 0.2) is 94.6 Å². The second-order valence-electron chi connectivity index (χ2n) is 8.83. The van der Waals surface area contributed by atoms with Crippen molar-refractivity contribution in [1.82, 2.24) is 19.8 Å². The Morgan fingerprint density at radius 1 is 1.05 bits per heavy atom. The van der Waals surface area contributed by atoms with E-state index in [1.807, 2.05) is 30.3 Å². The van der Waals surface area contributed by atoms with Crippen LogP contribution in [0.1, 0.15) is 15.9 Å². The summed E-state index contributed by atoms with van der Waals surface area (Å²) in [5.41, 5.74) is 1.95. The number of hydrogen-bond acceptors (Lipinski definition) is 6. The van der Waals surface area contributed by atoms with E-state index in [0.717, 1.165) is 5.56 Å². The summed E-state index contributed by atoms with van der Waals surface area (Å²) >= 11 is 6.30. The molecule has 10 heteroatoms. The lowest BCUT2D eigenvalue weighted by atomic mass is 10.1. The molecule has 0 aliphatic rings. The maximum Gasteiger partial charge on any atom is 0.416 e. The molecule has 0 unspecified atom stereocenters. The number of halogens is 1. The number of nitrogens with zero attached hydrogens (tertiary/aromatic N) is 3. The van der Waals surface area contributed by atoms with E-state index in [-0.39, 0.29) is 18.0 Å². The van der Waals surface area contributed by atoms with Gasteiger partial charge in [0.15, 0.2) is 17.6 Å². The third-order valence-electron chi connectivity index (χ3n) is 6.03. The molecular weight excluding hydrogens is 520 g/mol. The fraction of sp³-hybridized carbons (Fsp3) is 0.103. The van der Waals surface area contributed by atoms with Crippen molar-refractivity contribution in [3.05, 3.63) is 112 Å². The second kappa shape index (κ2) is 10.8. The average molecular weight is 543 g/mol. The van der Waals surface area contributed by atoms with Crippen molar-refractivity contribution in [3.63, 3.8) is 0 Å². The zero-order valence-corrected chi connectivity index (χ0v) is 21.8. The van der Waals surface area contributed by atoms with Crippen LogP contribution in [0.5, 0.6) is 5.88 Å². The zero-order valence-electron chi connectivity index (χ0n) is 21.1. The Balaban J connectivity index is 1.58. The van der Waals surface area contributed by atoms with Crippen molar-refractivity contribution < 1.29 is 18.7 Å². The molecule has 3 aromatic carbocycles. The van der Waals surface area contributed by atoms with E-state index in [9.17, 15) is 14.4 Å². The number of amides is 2. The van der Waals surface area contributed by atoms with E-state index in [1.165, 1.54) is 25.4 Å². The Bertz CT molecular complexity index is 1710. The molecule has 0 fully saturated rings. The first-order chi connectivity index (χ1) is 18.8. The topological polar surface area (TPSA) is 107 Å². The lowest BCUT2D eigenvalue weighted by Crippen LogP contribution is -2.31. The molecule has 196 valence electrons. The van der Waals surface area contributed by atoms with Crippen molar-refractivity contribution in [1.29, 1.82) is 0 Å². The molecule has 0 spiro atoms. The molecule has 0 saturated carbocycles. The summed E-state index contributed by atoms with van der Waals surface area (Å²) in [7, 11) is 3.07. The van der Waals surface area contributed by atoms with Gasteiger partial charge in [-0.2, -0.15) is 0 Å². The van der Waals surface area contributed by atoms with Gasteiger partial charge in [-0.05, 0) is 42.5 Å².